The molecule has 0 radical (unpaired) electrons. The van der Waals surface area contributed by atoms with Crippen molar-refractivity contribution in [2.75, 3.05) is 19.7 Å². The normalized spacial score (nSPS) is 14.7. The molecular formula is C32H37N5O4. The summed E-state index contributed by atoms with van der Waals surface area (Å²) in [4.78, 5) is 45.3. The molecule has 9 nitrogen and oxygen atoms in total. The molecule has 0 saturated carbocycles. The lowest BCUT2D eigenvalue weighted by molar-refractivity contribution is -0.130. The maximum atomic E-state index is 13.9. The predicted octanol–water partition coefficient (Wildman–Crippen LogP) is 3.73. The molecule has 1 aliphatic rings. The molecule has 1 heterocycles. The molecule has 9 heteroatoms. The highest BCUT2D eigenvalue weighted by molar-refractivity contribution is 6.09. The Morgan fingerprint density at radius 3 is 2.10 bits per heavy atom. The van der Waals surface area contributed by atoms with E-state index in [4.69, 9.17) is 15.5 Å². The number of amides is 3. The van der Waals surface area contributed by atoms with E-state index in [9.17, 15) is 14.4 Å². The number of benzene rings is 3. The third-order valence-electron chi connectivity index (χ3n) is 6.93. The van der Waals surface area contributed by atoms with Crippen LogP contribution in [0.15, 0.2) is 96.0 Å². The molecule has 41 heavy (non-hydrogen) atoms. The van der Waals surface area contributed by atoms with Gasteiger partial charge in [0.2, 0.25) is 5.91 Å². The minimum absolute atomic E-state index is 0.171. The number of carbonyl (C=O) groups is 3. The molecule has 1 aliphatic heterocycles. The van der Waals surface area contributed by atoms with Crippen molar-refractivity contribution in [1.29, 1.82) is 0 Å². The average molecular weight is 556 g/mol. The van der Waals surface area contributed by atoms with E-state index in [1.807, 2.05) is 97.9 Å². The number of nitrogens with one attached hydrogen (secondary N) is 2. The Kier molecular flexibility index (Phi) is 10.1. The van der Waals surface area contributed by atoms with Crippen molar-refractivity contribution in [3.05, 3.63) is 108 Å². The van der Waals surface area contributed by atoms with Crippen molar-refractivity contribution in [2.45, 2.75) is 44.2 Å². The van der Waals surface area contributed by atoms with E-state index in [2.05, 4.69) is 10.6 Å². The van der Waals surface area contributed by atoms with E-state index in [0.29, 0.717) is 38.8 Å². The number of rotatable bonds is 13. The van der Waals surface area contributed by atoms with E-state index in [0.717, 1.165) is 16.7 Å². The van der Waals surface area contributed by atoms with Gasteiger partial charge in [0.15, 0.2) is 11.5 Å². The zero-order chi connectivity index (χ0) is 29.1. The van der Waals surface area contributed by atoms with Crippen molar-refractivity contribution >= 4 is 23.9 Å². The maximum absolute atomic E-state index is 13.9. The highest BCUT2D eigenvalue weighted by Gasteiger charge is 2.50. The van der Waals surface area contributed by atoms with Gasteiger partial charge in [0, 0.05) is 19.5 Å². The summed E-state index contributed by atoms with van der Waals surface area (Å²) in [5.74, 6) is -0.327. The molecule has 3 amide bonds. The number of aliphatic imine (C=N–C) groups is 1. The van der Waals surface area contributed by atoms with Gasteiger partial charge in [0.1, 0.15) is 6.04 Å². The maximum Gasteiger partial charge on any atom is 0.407 e. The van der Waals surface area contributed by atoms with Gasteiger partial charge >= 0.3 is 6.09 Å². The van der Waals surface area contributed by atoms with Crippen LogP contribution in [0.5, 0.6) is 0 Å². The van der Waals surface area contributed by atoms with Gasteiger partial charge in [-0.25, -0.2) is 9.79 Å². The molecule has 0 aromatic heterocycles. The fourth-order valence-electron chi connectivity index (χ4n) is 4.86. The van der Waals surface area contributed by atoms with Crippen molar-refractivity contribution in [3.8, 4) is 0 Å². The third kappa shape index (κ3) is 7.11. The quantitative estimate of drug-likeness (QED) is 0.277. The largest absolute Gasteiger partial charge is 0.450 e. The van der Waals surface area contributed by atoms with Crippen LogP contribution in [0.25, 0.3) is 0 Å². The number of guanidine groups is 1. The molecule has 3 aromatic carbocycles. The van der Waals surface area contributed by atoms with Crippen LogP contribution in [0, 0.1) is 0 Å². The molecule has 1 atom stereocenters. The van der Waals surface area contributed by atoms with Crippen molar-refractivity contribution < 1.29 is 19.1 Å². The second-order valence-electron chi connectivity index (χ2n) is 9.89. The Bertz CT molecular complexity index is 1290. The first kappa shape index (κ1) is 29.3. The zero-order valence-corrected chi connectivity index (χ0v) is 23.3. The summed E-state index contributed by atoms with van der Waals surface area (Å²) in [5.41, 5.74) is 7.51. The van der Waals surface area contributed by atoms with Crippen LogP contribution in [0.3, 0.4) is 0 Å². The molecule has 0 fully saturated rings. The van der Waals surface area contributed by atoms with E-state index in [1.165, 1.54) is 4.90 Å². The lowest BCUT2D eigenvalue weighted by Crippen LogP contribution is -2.48. The number of unbranched alkanes of at least 4 members (excludes halogenated alkanes) is 1. The standard InChI is InChI=1S/C32H37N5O4/c1-2-22-41-31(40)35-27(23-24-14-6-3-7-15-24)28(38)34-20-12-13-21-37-29(39)32(36-30(37)33,25-16-8-4-9-17-25)26-18-10-5-11-19-26/h3-11,14-19,27H,2,12-13,20-23H2,1H3,(H2,33,36)(H,34,38)(H,35,40)/t27-/m0/s1. The molecule has 0 unspecified atom stereocenters. The number of alkyl carbamates (subject to hydrolysis) is 1. The summed E-state index contributed by atoms with van der Waals surface area (Å²) in [5, 5.41) is 5.59. The Labute approximate surface area is 240 Å². The van der Waals surface area contributed by atoms with Gasteiger partial charge in [0.25, 0.3) is 5.91 Å². The second kappa shape index (κ2) is 14.1. The van der Waals surface area contributed by atoms with Crippen LogP contribution in [0.4, 0.5) is 4.79 Å². The Balaban J connectivity index is 1.35. The SMILES string of the molecule is CCCOC(=O)N[C@@H](Cc1ccccc1)C(=O)NCCCCN1C(=O)C(c2ccccc2)(c2ccccc2)N=C1N. The molecule has 0 spiro atoms. The van der Waals surface area contributed by atoms with Gasteiger partial charge in [-0.1, -0.05) is 97.9 Å². The van der Waals surface area contributed by atoms with E-state index in [1.54, 1.807) is 0 Å². The minimum atomic E-state index is -1.23. The van der Waals surface area contributed by atoms with Crippen molar-refractivity contribution in [2.24, 2.45) is 10.7 Å². The van der Waals surface area contributed by atoms with Gasteiger partial charge < -0.3 is 21.1 Å². The first-order chi connectivity index (χ1) is 20.0. The average Bonchev–Trinajstić information content (AvgIpc) is 3.26. The Morgan fingerprint density at radius 2 is 1.51 bits per heavy atom. The highest BCUT2D eigenvalue weighted by atomic mass is 16.5. The molecule has 4 N–H and O–H groups in total. The predicted molar refractivity (Wildman–Crippen MR) is 158 cm³/mol. The minimum Gasteiger partial charge on any atom is -0.450 e. The summed E-state index contributed by atoms with van der Waals surface area (Å²) < 4.78 is 5.12. The van der Waals surface area contributed by atoms with Crippen molar-refractivity contribution in [3.63, 3.8) is 0 Å². The Morgan fingerprint density at radius 1 is 0.927 bits per heavy atom. The van der Waals surface area contributed by atoms with Gasteiger partial charge in [-0.2, -0.15) is 0 Å². The van der Waals surface area contributed by atoms with Crippen molar-refractivity contribution in [1.82, 2.24) is 15.5 Å². The summed E-state index contributed by atoms with van der Waals surface area (Å²) in [6.07, 6.45) is 1.60. The van der Waals surface area contributed by atoms with Gasteiger partial charge in [-0.05, 0) is 36.0 Å². The third-order valence-corrected chi connectivity index (χ3v) is 6.93. The van der Waals surface area contributed by atoms with Gasteiger partial charge in [-0.15, -0.1) is 0 Å². The van der Waals surface area contributed by atoms with E-state index in [-0.39, 0.29) is 24.4 Å². The molecule has 214 valence electrons. The first-order valence-corrected chi connectivity index (χ1v) is 14.0. The number of ether oxygens (including phenoxy) is 1. The number of hydrogen-bond acceptors (Lipinski definition) is 6. The smallest absolute Gasteiger partial charge is 0.407 e. The Hall–Kier alpha value is -4.66. The van der Waals surface area contributed by atoms with Crippen LogP contribution < -0.4 is 16.4 Å². The van der Waals surface area contributed by atoms with E-state index < -0.39 is 17.7 Å². The van der Waals surface area contributed by atoms with Crippen LogP contribution in [-0.4, -0.2) is 54.5 Å². The lowest BCUT2D eigenvalue weighted by Gasteiger charge is -2.27. The molecule has 4 rings (SSSR count). The number of hydrogen-bond donors (Lipinski definition) is 3. The summed E-state index contributed by atoms with van der Waals surface area (Å²) in [7, 11) is 0. The topological polar surface area (TPSA) is 126 Å². The lowest BCUT2D eigenvalue weighted by atomic mass is 9.83. The highest BCUT2D eigenvalue weighted by Crippen LogP contribution is 2.39. The van der Waals surface area contributed by atoms with Gasteiger partial charge in [-0.3, -0.25) is 14.5 Å². The molecule has 0 saturated heterocycles. The monoisotopic (exact) mass is 555 g/mol. The first-order valence-electron chi connectivity index (χ1n) is 14.0. The molecule has 3 aromatic rings. The summed E-state index contributed by atoms with van der Waals surface area (Å²) >= 11 is 0. The summed E-state index contributed by atoms with van der Waals surface area (Å²) in [6, 6.07) is 27.6. The van der Waals surface area contributed by atoms with Crippen LogP contribution in [0.1, 0.15) is 42.9 Å². The van der Waals surface area contributed by atoms with Gasteiger partial charge in [0.05, 0.1) is 6.61 Å². The number of nitrogens with two attached hydrogens (primary N) is 1. The number of nitrogens with zero attached hydrogens (tertiary/aromatic N) is 2. The van der Waals surface area contributed by atoms with Crippen LogP contribution >= 0.6 is 0 Å². The zero-order valence-electron chi connectivity index (χ0n) is 23.3. The van der Waals surface area contributed by atoms with Crippen LogP contribution in [-0.2, 0) is 26.3 Å². The van der Waals surface area contributed by atoms with Crippen LogP contribution in [0.2, 0.25) is 0 Å². The fourth-order valence-corrected chi connectivity index (χ4v) is 4.86. The fraction of sp³-hybridized carbons (Fsp3) is 0.312. The summed E-state index contributed by atoms with van der Waals surface area (Å²) in [6.45, 7) is 2.92. The molecular weight excluding hydrogens is 518 g/mol. The second-order valence-corrected chi connectivity index (χ2v) is 9.89. The molecule has 0 bridgehead atoms. The number of carbonyl (C=O) groups excluding carboxylic acids is 3. The van der Waals surface area contributed by atoms with E-state index >= 15 is 0 Å². The molecule has 0 aliphatic carbocycles.